The number of nitrogens with zero attached hydrogens (tertiary/aromatic N) is 5. The first-order valence-corrected chi connectivity index (χ1v) is 10.0. The lowest BCUT2D eigenvalue weighted by atomic mass is 9.96. The molecular weight excluding hydrogens is 408 g/mol. The van der Waals surface area contributed by atoms with Gasteiger partial charge < -0.3 is 9.64 Å². The van der Waals surface area contributed by atoms with E-state index in [9.17, 15) is 18.4 Å². The summed E-state index contributed by atoms with van der Waals surface area (Å²) < 4.78 is 34.3. The summed E-state index contributed by atoms with van der Waals surface area (Å²) in [5.41, 5.74) is -0.0863. The first kappa shape index (κ1) is 21.0. The Labute approximate surface area is 177 Å². The monoisotopic (exact) mass is 431 g/mol. The molecule has 1 aliphatic heterocycles. The van der Waals surface area contributed by atoms with E-state index in [4.69, 9.17) is 4.74 Å². The van der Waals surface area contributed by atoms with Crippen LogP contribution in [0, 0.1) is 5.92 Å². The highest BCUT2D eigenvalue weighted by atomic mass is 19.3. The van der Waals surface area contributed by atoms with E-state index in [2.05, 4.69) is 10.1 Å². The van der Waals surface area contributed by atoms with Crippen LogP contribution in [0.4, 0.5) is 8.78 Å². The van der Waals surface area contributed by atoms with Crippen molar-refractivity contribution in [1.82, 2.24) is 24.2 Å². The van der Waals surface area contributed by atoms with Crippen LogP contribution in [0.15, 0.2) is 35.5 Å². The number of aryl methyl sites for hydroxylation is 1. The third-order valence-electron chi connectivity index (χ3n) is 5.68. The Hall–Kier alpha value is -3.30. The first-order chi connectivity index (χ1) is 14.9. The van der Waals surface area contributed by atoms with Gasteiger partial charge in [-0.3, -0.25) is 18.8 Å². The Morgan fingerprint density at radius 1 is 1.29 bits per heavy atom. The van der Waals surface area contributed by atoms with Crippen molar-refractivity contribution in [3.8, 4) is 5.75 Å². The Balaban J connectivity index is 1.43. The summed E-state index contributed by atoms with van der Waals surface area (Å²) in [4.78, 5) is 31.5. The fourth-order valence-corrected chi connectivity index (χ4v) is 3.99. The number of hydrogen-bond acceptors (Lipinski definition) is 5. The standard InChI is InChI=1S/C21H23F2N5O3/c1-26-11-16(18(25-26)19(22)23)21(30)27-7-5-13(6-8-27)10-28-12-24-17-9-14(31-2)3-4-15(17)20(28)29/h3-4,9,11-13,19H,5-8,10H2,1-2H3. The molecule has 10 heteroatoms. The van der Waals surface area contributed by atoms with Crippen LogP contribution in [-0.2, 0) is 13.6 Å². The summed E-state index contributed by atoms with van der Waals surface area (Å²) in [6.45, 7) is 1.37. The molecule has 1 aliphatic rings. The highest BCUT2D eigenvalue weighted by Gasteiger charge is 2.29. The molecule has 0 aliphatic carbocycles. The molecule has 0 bridgehead atoms. The van der Waals surface area contributed by atoms with Crippen LogP contribution >= 0.6 is 0 Å². The summed E-state index contributed by atoms with van der Waals surface area (Å²) in [7, 11) is 3.07. The normalized spacial score (nSPS) is 15.1. The second kappa shape index (κ2) is 8.44. The predicted molar refractivity (Wildman–Crippen MR) is 109 cm³/mol. The van der Waals surface area contributed by atoms with Crippen LogP contribution in [-0.4, -0.2) is 50.3 Å². The summed E-state index contributed by atoms with van der Waals surface area (Å²) in [6, 6.07) is 5.15. The molecule has 3 heterocycles. The van der Waals surface area contributed by atoms with E-state index in [1.165, 1.54) is 24.3 Å². The Kier molecular flexibility index (Phi) is 5.71. The maximum Gasteiger partial charge on any atom is 0.282 e. The van der Waals surface area contributed by atoms with E-state index in [0.29, 0.717) is 49.1 Å². The number of carbonyl (C=O) groups excluding carboxylic acids is 1. The molecule has 0 radical (unpaired) electrons. The topological polar surface area (TPSA) is 82.2 Å². The van der Waals surface area contributed by atoms with Crippen molar-refractivity contribution in [2.45, 2.75) is 25.8 Å². The molecule has 1 amide bonds. The summed E-state index contributed by atoms with van der Waals surface area (Å²) >= 11 is 0. The molecule has 0 unspecified atom stereocenters. The van der Waals surface area contributed by atoms with Crippen molar-refractivity contribution in [2.75, 3.05) is 20.2 Å². The number of alkyl halides is 2. The van der Waals surface area contributed by atoms with Gasteiger partial charge in [-0.15, -0.1) is 0 Å². The van der Waals surface area contributed by atoms with Gasteiger partial charge in [0.2, 0.25) is 0 Å². The third-order valence-corrected chi connectivity index (χ3v) is 5.68. The van der Waals surface area contributed by atoms with Crippen LogP contribution in [0.3, 0.4) is 0 Å². The molecule has 2 aromatic heterocycles. The smallest absolute Gasteiger partial charge is 0.282 e. The van der Waals surface area contributed by atoms with Crippen molar-refractivity contribution >= 4 is 16.8 Å². The van der Waals surface area contributed by atoms with E-state index in [-0.39, 0.29) is 17.0 Å². The molecular formula is C21H23F2N5O3. The SMILES string of the molecule is COc1ccc2c(=O)n(CC3CCN(C(=O)c4cn(C)nc4C(F)F)CC3)cnc2c1. The quantitative estimate of drug-likeness (QED) is 0.620. The number of methoxy groups -OCH3 is 1. The van der Waals surface area contributed by atoms with Gasteiger partial charge in [-0.25, -0.2) is 13.8 Å². The Morgan fingerprint density at radius 2 is 2.03 bits per heavy atom. The minimum absolute atomic E-state index is 0.0543. The zero-order valence-electron chi connectivity index (χ0n) is 17.3. The van der Waals surface area contributed by atoms with Crippen LogP contribution in [0.1, 0.15) is 35.3 Å². The van der Waals surface area contributed by atoms with E-state index in [0.717, 1.165) is 0 Å². The van der Waals surface area contributed by atoms with Crippen molar-refractivity contribution in [2.24, 2.45) is 13.0 Å². The number of ether oxygens (including phenoxy) is 1. The fraction of sp³-hybridized carbons (Fsp3) is 0.429. The molecule has 164 valence electrons. The summed E-state index contributed by atoms with van der Waals surface area (Å²) in [5, 5.41) is 4.23. The lowest BCUT2D eigenvalue weighted by Crippen LogP contribution is -2.40. The maximum atomic E-state index is 13.2. The maximum absolute atomic E-state index is 13.2. The molecule has 1 saturated heterocycles. The number of carbonyl (C=O) groups is 1. The van der Waals surface area contributed by atoms with E-state index < -0.39 is 18.0 Å². The van der Waals surface area contributed by atoms with Gasteiger partial charge >= 0.3 is 0 Å². The molecule has 0 atom stereocenters. The van der Waals surface area contributed by atoms with Gasteiger partial charge in [0.05, 0.1) is 29.9 Å². The lowest BCUT2D eigenvalue weighted by Gasteiger charge is -2.32. The molecule has 0 spiro atoms. The fourth-order valence-electron chi connectivity index (χ4n) is 3.99. The molecule has 1 aromatic carbocycles. The minimum atomic E-state index is -2.80. The van der Waals surface area contributed by atoms with Crippen molar-refractivity contribution in [3.63, 3.8) is 0 Å². The molecule has 0 N–H and O–H groups in total. The largest absolute Gasteiger partial charge is 0.497 e. The number of amides is 1. The number of rotatable bonds is 5. The van der Waals surface area contributed by atoms with Crippen LogP contribution in [0.25, 0.3) is 10.9 Å². The Bertz CT molecular complexity index is 1170. The van der Waals surface area contributed by atoms with Crippen LogP contribution < -0.4 is 10.3 Å². The zero-order valence-corrected chi connectivity index (χ0v) is 17.3. The second-order valence-electron chi connectivity index (χ2n) is 7.72. The number of halogens is 2. The average Bonchev–Trinajstić information content (AvgIpc) is 3.17. The first-order valence-electron chi connectivity index (χ1n) is 10.0. The van der Waals surface area contributed by atoms with E-state index in [1.54, 1.807) is 34.8 Å². The highest BCUT2D eigenvalue weighted by molar-refractivity contribution is 5.95. The van der Waals surface area contributed by atoms with Crippen molar-refractivity contribution in [3.05, 3.63) is 52.3 Å². The van der Waals surface area contributed by atoms with Gasteiger partial charge in [0.1, 0.15) is 11.4 Å². The van der Waals surface area contributed by atoms with E-state index in [1.807, 2.05) is 0 Å². The number of piperidine rings is 1. The van der Waals surface area contributed by atoms with Gasteiger partial charge in [-0.1, -0.05) is 0 Å². The average molecular weight is 431 g/mol. The third kappa shape index (κ3) is 4.14. The van der Waals surface area contributed by atoms with Crippen LogP contribution in [0.2, 0.25) is 0 Å². The number of fused-ring (bicyclic) bond motifs is 1. The van der Waals surface area contributed by atoms with Gasteiger partial charge in [-0.2, -0.15) is 5.10 Å². The van der Waals surface area contributed by atoms with Crippen molar-refractivity contribution in [1.29, 1.82) is 0 Å². The molecule has 0 saturated carbocycles. The summed E-state index contributed by atoms with van der Waals surface area (Å²) in [6.07, 6.45) is 1.41. The molecule has 3 aromatic rings. The van der Waals surface area contributed by atoms with Gasteiger partial charge in [-0.05, 0) is 30.9 Å². The van der Waals surface area contributed by atoms with Gasteiger partial charge in [0.15, 0.2) is 0 Å². The number of hydrogen-bond donors (Lipinski definition) is 0. The van der Waals surface area contributed by atoms with Gasteiger partial charge in [0.25, 0.3) is 17.9 Å². The van der Waals surface area contributed by atoms with Crippen molar-refractivity contribution < 1.29 is 18.3 Å². The molecule has 31 heavy (non-hydrogen) atoms. The Morgan fingerprint density at radius 3 is 2.71 bits per heavy atom. The molecule has 4 rings (SSSR count). The summed E-state index contributed by atoms with van der Waals surface area (Å²) in [5.74, 6) is 0.390. The number of benzene rings is 1. The lowest BCUT2D eigenvalue weighted by molar-refractivity contribution is 0.0671. The van der Waals surface area contributed by atoms with Crippen LogP contribution in [0.5, 0.6) is 5.75 Å². The van der Waals surface area contributed by atoms with E-state index >= 15 is 0 Å². The zero-order chi connectivity index (χ0) is 22.1. The number of likely N-dealkylation sites (tertiary alicyclic amines) is 1. The second-order valence-corrected chi connectivity index (χ2v) is 7.72. The van der Waals surface area contributed by atoms with Gasteiger partial charge in [0, 0.05) is 38.9 Å². The predicted octanol–water partition coefficient (Wildman–Crippen LogP) is 2.63. The minimum Gasteiger partial charge on any atom is -0.497 e. The number of aromatic nitrogens is 4. The highest BCUT2D eigenvalue weighted by Crippen LogP contribution is 2.25. The molecule has 8 nitrogen and oxygen atoms in total. The molecule has 1 fully saturated rings.